The van der Waals surface area contributed by atoms with Crippen LogP contribution in [0.3, 0.4) is 0 Å². The highest BCUT2D eigenvalue weighted by molar-refractivity contribution is 6.36. The third-order valence-electron chi connectivity index (χ3n) is 7.44. The smallest absolute Gasteiger partial charge is 0.248 e. The van der Waals surface area contributed by atoms with Crippen molar-refractivity contribution in [2.45, 2.75) is 12.1 Å². The number of nitrogens with one attached hydrogen (secondary N) is 1. The van der Waals surface area contributed by atoms with E-state index in [1.54, 1.807) is 42.5 Å². The van der Waals surface area contributed by atoms with Crippen LogP contribution in [-0.4, -0.2) is 44.0 Å². The van der Waals surface area contributed by atoms with Gasteiger partial charge < -0.3 is 19.7 Å². The van der Waals surface area contributed by atoms with Gasteiger partial charge in [0.25, 0.3) is 0 Å². The average molecular weight is 530 g/mol. The molecule has 0 aromatic heterocycles. The molecule has 3 aromatic carbocycles. The average Bonchev–Trinajstić information content (AvgIpc) is 3.41. The van der Waals surface area contributed by atoms with Gasteiger partial charge >= 0.3 is 0 Å². The van der Waals surface area contributed by atoms with Crippen LogP contribution in [0.1, 0.15) is 5.56 Å². The molecule has 3 aliphatic rings. The molecule has 8 nitrogen and oxygen atoms in total. The zero-order valence-electron chi connectivity index (χ0n) is 20.6. The summed E-state index contributed by atoms with van der Waals surface area (Å²) in [6.45, 7) is 0. The highest BCUT2D eigenvalue weighted by Crippen LogP contribution is 2.50. The number of ether oxygens (including phenoxy) is 2. The van der Waals surface area contributed by atoms with Gasteiger partial charge in [-0.05, 0) is 35.9 Å². The molecule has 3 amide bonds. The molecule has 9 heteroatoms. The van der Waals surface area contributed by atoms with Crippen LogP contribution in [0.4, 0.5) is 17.1 Å². The fraction of sp³-hybridized carbons (Fsp3) is 0.207. The van der Waals surface area contributed by atoms with Crippen molar-refractivity contribution in [2.24, 2.45) is 11.8 Å². The molecule has 38 heavy (non-hydrogen) atoms. The Labute approximate surface area is 224 Å². The number of amides is 3. The molecule has 0 aliphatic carbocycles. The van der Waals surface area contributed by atoms with E-state index in [1.807, 2.05) is 41.3 Å². The highest BCUT2D eigenvalue weighted by atomic mass is 35.5. The first-order valence-electron chi connectivity index (χ1n) is 12.2. The number of halogens is 1. The summed E-state index contributed by atoms with van der Waals surface area (Å²) in [5.74, 6) is -1.96. The number of para-hydroxylation sites is 2. The molecule has 3 heterocycles. The van der Waals surface area contributed by atoms with Crippen molar-refractivity contribution in [2.75, 3.05) is 29.3 Å². The van der Waals surface area contributed by atoms with Crippen LogP contribution in [-0.2, 0) is 14.4 Å². The van der Waals surface area contributed by atoms with Gasteiger partial charge in [0, 0.05) is 11.8 Å². The molecule has 3 aromatic rings. The number of carbonyl (C=O) groups excluding carboxylic acids is 3. The van der Waals surface area contributed by atoms with Gasteiger partial charge in [0.1, 0.15) is 17.5 Å². The summed E-state index contributed by atoms with van der Waals surface area (Å²) in [5, 5.41) is 3.23. The Morgan fingerprint density at radius 3 is 2.34 bits per heavy atom. The van der Waals surface area contributed by atoms with Crippen molar-refractivity contribution >= 4 is 52.5 Å². The summed E-state index contributed by atoms with van der Waals surface area (Å²) < 4.78 is 10.8. The SMILES string of the molecule is COc1ccc(OC)c(NC(=O)[C@@H]2[C@H]3C(=O)N(c4ccccc4Cl)C(=O)[C@@H]3[C@H]3C=Cc4ccccc4N32)c1. The molecule has 2 fully saturated rings. The maximum Gasteiger partial charge on any atom is 0.248 e. The number of carbonyl (C=O) groups is 3. The fourth-order valence-electron chi connectivity index (χ4n) is 5.80. The molecule has 0 saturated carbocycles. The van der Waals surface area contributed by atoms with Crippen LogP contribution in [0.15, 0.2) is 72.8 Å². The van der Waals surface area contributed by atoms with E-state index >= 15 is 0 Å². The Kier molecular flexibility index (Phi) is 5.84. The Morgan fingerprint density at radius 2 is 1.61 bits per heavy atom. The van der Waals surface area contributed by atoms with E-state index in [1.165, 1.54) is 14.2 Å². The molecule has 0 spiro atoms. The lowest BCUT2D eigenvalue weighted by atomic mass is 9.88. The van der Waals surface area contributed by atoms with Crippen LogP contribution in [0.25, 0.3) is 6.08 Å². The first kappa shape index (κ1) is 24.1. The topological polar surface area (TPSA) is 88.2 Å². The molecular formula is C29H24ClN3O5. The van der Waals surface area contributed by atoms with Gasteiger partial charge in [-0.15, -0.1) is 0 Å². The first-order chi connectivity index (χ1) is 18.4. The number of nitrogens with zero attached hydrogens (tertiary/aromatic N) is 2. The normalized spacial score (nSPS) is 23.1. The molecule has 4 atom stereocenters. The maximum atomic E-state index is 14.1. The summed E-state index contributed by atoms with van der Waals surface area (Å²) in [6.07, 6.45) is 3.84. The minimum atomic E-state index is -0.962. The summed E-state index contributed by atoms with van der Waals surface area (Å²) >= 11 is 6.39. The summed E-state index contributed by atoms with van der Waals surface area (Å²) in [5.41, 5.74) is 2.41. The zero-order valence-corrected chi connectivity index (χ0v) is 21.4. The van der Waals surface area contributed by atoms with Crippen LogP contribution in [0, 0.1) is 11.8 Å². The van der Waals surface area contributed by atoms with E-state index in [9.17, 15) is 14.4 Å². The number of hydrogen-bond acceptors (Lipinski definition) is 6. The lowest BCUT2D eigenvalue weighted by Gasteiger charge is -2.36. The van der Waals surface area contributed by atoms with E-state index in [0.29, 0.717) is 22.9 Å². The number of hydrogen-bond donors (Lipinski definition) is 1. The van der Waals surface area contributed by atoms with E-state index in [2.05, 4.69) is 5.32 Å². The van der Waals surface area contributed by atoms with Gasteiger partial charge in [-0.1, -0.05) is 54.1 Å². The van der Waals surface area contributed by atoms with Crippen LogP contribution in [0.5, 0.6) is 11.5 Å². The van der Waals surface area contributed by atoms with Crippen molar-refractivity contribution in [3.05, 3.63) is 83.4 Å². The summed E-state index contributed by atoms with van der Waals surface area (Å²) in [4.78, 5) is 44.9. The van der Waals surface area contributed by atoms with E-state index in [0.717, 1.165) is 16.2 Å². The fourth-order valence-corrected chi connectivity index (χ4v) is 6.02. The lowest BCUT2D eigenvalue weighted by Crippen LogP contribution is -2.50. The highest BCUT2D eigenvalue weighted by Gasteiger charge is 2.64. The van der Waals surface area contributed by atoms with Gasteiger partial charge in [0.05, 0.1) is 48.5 Å². The maximum absolute atomic E-state index is 14.1. The van der Waals surface area contributed by atoms with Crippen molar-refractivity contribution in [1.29, 1.82) is 0 Å². The van der Waals surface area contributed by atoms with E-state index < -0.39 is 35.7 Å². The number of fused-ring (bicyclic) bond motifs is 5. The molecule has 192 valence electrons. The van der Waals surface area contributed by atoms with Gasteiger partial charge in [0.2, 0.25) is 17.7 Å². The zero-order chi connectivity index (χ0) is 26.6. The number of benzene rings is 3. The minimum absolute atomic E-state index is 0.290. The van der Waals surface area contributed by atoms with E-state index in [4.69, 9.17) is 21.1 Å². The molecule has 3 aliphatic heterocycles. The Bertz CT molecular complexity index is 1510. The Hall–Kier alpha value is -4.30. The van der Waals surface area contributed by atoms with E-state index in [-0.39, 0.29) is 10.9 Å². The quantitative estimate of drug-likeness (QED) is 0.493. The van der Waals surface area contributed by atoms with Crippen LogP contribution < -0.4 is 24.6 Å². The number of rotatable bonds is 5. The van der Waals surface area contributed by atoms with Crippen molar-refractivity contribution < 1.29 is 23.9 Å². The summed E-state index contributed by atoms with van der Waals surface area (Å²) in [7, 11) is 3.04. The summed E-state index contributed by atoms with van der Waals surface area (Å²) in [6, 6.07) is 18.0. The number of imide groups is 1. The lowest BCUT2D eigenvalue weighted by molar-refractivity contribution is -0.126. The van der Waals surface area contributed by atoms with Crippen molar-refractivity contribution in [3.8, 4) is 11.5 Å². The molecule has 2 saturated heterocycles. The number of anilines is 3. The van der Waals surface area contributed by atoms with Crippen molar-refractivity contribution in [3.63, 3.8) is 0 Å². The largest absolute Gasteiger partial charge is 0.497 e. The minimum Gasteiger partial charge on any atom is -0.497 e. The number of methoxy groups -OCH3 is 2. The first-order valence-corrected chi connectivity index (χ1v) is 12.5. The van der Waals surface area contributed by atoms with Crippen molar-refractivity contribution in [1.82, 2.24) is 0 Å². The van der Waals surface area contributed by atoms with Crippen LogP contribution >= 0.6 is 11.6 Å². The second-order valence-electron chi connectivity index (χ2n) is 9.33. The van der Waals surface area contributed by atoms with Crippen LogP contribution in [0.2, 0.25) is 5.02 Å². The molecular weight excluding hydrogens is 506 g/mol. The molecule has 6 rings (SSSR count). The second-order valence-corrected chi connectivity index (χ2v) is 9.74. The monoisotopic (exact) mass is 529 g/mol. The molecule has 0 bridgehead atoms. The predicted octanol–water partition coefficient (Wildman–Crippen LogP) is 4.39. The molecule has 0 radical (unpaired) electrons. The van der Waals surface area contributed by atoms with Gasteiger partial charge in [-0.25, -0.2) is 4.90 Å². The van der Waals surface area contributed by atoms with Gasteiger partial charge in [0.15, 0.2) is 0 Å². The molecule has 0 unspecified atom stereocenters. The van der Waals surface area contributed by atoms with Gasteiger partial charge in [-0.2, -0.15) is 0 Å². The standard InChI is InChI=1S/C29H24ClN3O5/c1-37-17-12-14-23(38-2)19(15-17)31-27(34)26-25-24(22-13-11-16-7-3-5-9-20(16)32(22)26)28(35)33(29(25)36)21-10-6-4-8-18(21)30/h3-15,22,24-26H,1-2H3,(H,31,34)/t22-,24-,25+,26+/m1/s1. The third-order valence-corrected chi connectivity index (χ3v) is 7.76. The molecule has 1 N–H and O–H groups in total. The van der Waals surface area contributed by atoms with Gasteiger partial charge in [-0.3, -0.25) is 14.4 Å². The predicted molar refractivity (Wildman–Crippen MR) is 145 cm³/mol. The third kappa shape index (κ3) is 3.55. The Morgan fingerprint density at radius 1 is 0.895 bits per heavy atom. The second kappa shape index (κ2) is 9.22. The Balaban J connectivity index is 1.45.